The average molecular weight is 651 g/mol. The first-order chi connectivity index (χ1) is 17.9. The first-order valence-electron chi connectivity index (χ1n) is 12.3. The van der Waals surface area contributed by atoms with Crippen LogP contribution >= 0.6 is 45.8 Å². The highest BCUT2D eigenvalue weighted by atomic mass is 127. The Morgan fingerprint density at radius 1 is 0.946 bits per heavy atom. The molecule has 194 valence electrons. The first-order valence-corrected chi connectivity index (χ1v) is 14.2. The van der Waals surface area contributed by atoms with Gasteiger partial charge in [-0.25, -0.2) is 0 Å². The maximum Gasteiger partial charge on any atom is 0.261 e. The quantitative estimate of drug-likeness (QED) is 0.249. The Balaban J connectivity index is 1.62. The van der Waals surface area contributed by atoms with Crippen molar-refractivity contribution in [2.24, 2.45) is 0 Å². The van der Waals surface area contributed by atoms with E-state index in [-0.39, 0.29) is 31.0 Å². The molecule has 5 nitrogen and oxygen atoms in total. The molecule has 3 aromatic carbocycles. The lowest BCUT2D eigenvalue weighted by molar-refractivity contribution is -0.143. The summed E-state index contributed by atoms with van der Waals surface area (Å²) in [6.45, 7) is 0.00523. The van der Waals surface area contributed by atoms with E-state index in [1.165, 1.54) is 0 Å². The number of nitrogens with zero attached hydrogens (tertiary/aromatic N) is 1. The highest BCUT2D eigenvalue weighted by Gasteiger charge is 2.32. The summed E-state index contributed by atoms with van der Waals surface area (Å²) in [6.07, 6.45) is 4.50. The fourth-order valence-electron chi connectivity index (χ4n) is 4.51. The van der Waals surface area contributed by atoms with Gasteiger partial charge in [-0.15, -0.1) is 0 Å². The zero-order valence-electron chi connectivity index (χ0n) is 20.3. The molecule has 0 spiro atoms. The minimum atomic E-state index is -0.717. The third-order valence-corrected chi connectivity index (χ3v) is 7.94. The van der Waals surface area contributed by atoms with Crippen LogP contribution in [0.2, 0.25) is 10.0 Å². The normalized spacial score (nSPS) is 14.2. The molecule has 2 amide bonds. The molecule has 0 bridgehead atoms. The Hall–Kier alpha value is -2.29. The van der Waals surface area contributed by atoms with Gasteiger partial charge in [0.25, 0.3) is 5.91 Å². The molecule has 1 unspecified atom stereocenters. The molecule has 4 rings (SSSR count). The van der Waals surface area contributed by atoms with Crippen LogP contribution in [-0.4, -0.2) is 35.4 Å². The number of carbonyl (C=O) groups excluding carboxylic acids is 2. The minimum absolute atomic E-state index is 0.135. The molecule has 1 saturated carbocycles. The molecule has 1 aliphatic rings. The molecule has 8 heteroatoms. The van der Waals surface area contributed by atoms with Crippen molar-refractivity contribution >= 4 is 57.6 Å². The zero-order chi connectivity index (χ0) is 26.2. The Labute approximate surface area is 241 Å². The van der Waals surface area contributed by atoms with Crippen LogP contribution in [0.25, 0.3) is 0 Å². The molecule has 1 N–H and O–H groups in total. The molecule has 0 saturated heterocycles. The monoisotopic (exact) mass is 650 g/mol. The Morgan fingerprint density at radius 3 is 2.32 bits per heavy atom. The second kappa shape index (κ2) is 13.5. The van der Waals surface area contributed by atoms with E-state index in [1.54, 1.807) is 17.0 Å². The summed E-state index contributed by atoms with van der Waals surface area (Å²) in [6, 6.07) is 21.9. The second-order valence-electron chi connectivity index (χ2n) is 9.21. The largest absolute Gasteiger partial charge is 0.484 e. The fraction of sp³-hybridized carbons (Fsp3) is 0.310. The summed E-state index contributed by atoms with van der Waals surface area (Å²) >= 11 is 14.6. The molecular weight excluding hydrogens is 622 g/mol. The van der Waals surface area contributed by atoms with Crippen LogP contribution in [0.15, 0.2) is 72.8 Å². The van der Waals surface area contributed by atoms with Gasteiger partial charge in [0.15, 0.2) is 6.61 Å². The molecule has 37 heavy (non-hydrogen) atoms. The van der Waals surface area contributed by atoms with Gasteiger partial charge in [-0.2, -0.15) is 0 Å². The van der Waals surface area contributed by atoms with Crippen LogP contribution in [-0.2, 0) is 22.6 Å². The highest BCUT2D eigenvalue weighted by Crippen LogP contribution is 2.25. The maximum absolute atomic E-state index is 13.7. The number of carbonyl (C=O) groups is 2. The van der Waals surface area contributed by atoms with E-state index in [2.05, 4.69) is 27.9 Å². The molecule has 3 aromatic rings. The van der Waals surface area contributed by atoms with Crippen molar-refractivity contribution in [1.29, 1.82) is 0 Å². The topological polar surface area (TPSA) is 58.6 Å². The lowest BCUT2D eigenvalue weighted by Crippen LogP contribution is -2.53. The summed E-state index contributed by atoms with van der Waals surface area (Å²) in [5, 5.41) is 4.03. The van der Waals surface area contributed by atoms with E-state index in [9.17, 15) is 9.59 Å². The van der Waals surface area contributed by atoms with Crippen LogP contribution in [0.3, 0.4) is 0 Å². The smallest absolute Gasteiger partial charge is 0.261 e. The van der Waals surface area contributed by atoms with Crippen molar-refractivity contribution < 1.29 is 14.3 Å². The van der Waals surface area contributed by atoms with Crippen molar-refractivity contribution in [3.05, 3.63) is 97.5 Å². The number of ether oxygens (including phenoxy) is 1. The van der Waals surface area contributed by atoms with E-state index < -0.39 is 6.04 Å². The lowest BCUT2D eigenvalue weighted by Gasteiger charge is -2.32. The molecule has 1 aliphatic carbocycles. The number of amides is 2. The zero-order valence-corrected chi connectivity index (χ0v) is 24.0. The average Bonchev–Trinajstić information content (AvgIpc) is 3.41. The van der Waals surface area contributed by atoms with E-state index in [4.69, 9.17) is 27.9 Å². The molecule has 0 aromatic heterocycles. The van der Waals surface area contributed by atoms with Crippen LogP contribution in [0.4, 0.5) is 0 Å². The van der Waals surface area contributed by atoms with Gasteiger partial charge in [-0.05, 0) is 83.0 Å². The Bertz CT molecular complexity index is 1200. The first kappa shape index (κ1) is 27.7. The van der Waals surface area contributed by atoms with E-state index in [0.717, 1.165) is 40.4 Å². The van der Waals surface area contributed by atoms with Gasteiger partial charge in [0, 0.05) is 22.6 Å². The molecule has 1 atom stereocenters. The number of halogens is 3. The Kier molecular flexibility index (Phi) is 10.1. The lowest BCUT2D eigenvalue weighted by atomic mass is 10.0. The molecule has 0 heterocycles. The number of rotatable bonds is 10. The number of hydrogen-bond donors (Lipinski definition) is 1. The molecule has 0 aliphatic heterocycles. The summed E-state index contributed by atoms with van der Waals surface area (Å²) in [5.41, 5.74) is 1.75. The van der Waals surface area contributed by atoms with Crippen molar-refractivity contribution in [3.63, 3.8) is 0 Å². The van der Waals surface area contributed by atoms with Gasteiger partial charge in [0.2, 0.25) is 5.91 Å². The van der Waals surface area contributed by atoms with Crippen LogP contribution < -0.4 is 10.1 Å². The van der Waals surface area contributed by atoms with Crippen LogP contribution in [0, 0.1) is 3.57 Å². The fourth-order valence-corrected chi connectivity index (χ4v) is 5.20. The summed E-state index contributed by atoms with van der Waals surface area (Å²) < 4.78 is 6.90. The molecule has 1 fully saturated rings. The predicted molar refractivity (Wildman–Crippen MR) is 156 cm³/mol. The second-order valence-corrected chi connectivity index (χ2v) is 11.3. The van der Waals surface area contributed by atoms with Crippen LogP contribution in [0.5, 0.6) is 5.75 Å². The maximum atomic E-state index is 13.7. The van der Waals surface area contributed by atoms with Crippen molar-refractivity contribution in [3.8, 4) is 5.75 Å². The van der Waals surface area contributed by atoms with Gasteiger partial charge in [-0.3, -0.25) is 9.59 Å². The Morgan fingerprint density at radius 2 is 1.65 bits per heavy atom. The predicted octanol–water partition coefficient (Wildman–Crippen LogP) is 6.68. The summed E-state index contributed by atoms with van der Waals surface area (Å²) in [5.74, 6) is 0.156. The van der Waals surface area contributed by atoms with Crippen molar-refractivity contribution in [2.75, 3.05) is 6.61 Å². The van der Waals surface area contributed by atoms with Crippen LogP contribution in [0.1, 0.15) is 36.8 Å². The van der Waals surface area contributed by atoms with E-state index >= 15 is 0 Å². The number of benzene rings is 3. The third kappa shape index (κ3) is 8.09. The van der Waals surface area contributed by atoms with Gasteiger partial charge in [0.05, 0.1) is 10.0 Å². The standard InChI is InChI=1S/C29H29Cl2IN2O3/c30-25-15-10-21(16-26(25)31)18-34(28(35)19-37-24-13-11-22(32)12-14-24)27(17-20-6-2-1-3-7-20)29(36)33-23-8-4-5-9-23/h1-3,6-7,10-16,23,27H,4-5,8-9,17-19H2,(H,33,36). The van der Waals surface area contributed by atoms with Gasteiger partial charge in [0.1, 0.15) is 11.8 Å². The summed E-state index contributed by atoms with van der Waals surface area (Å²) in [4.78, 5) is 29.0. The van der Waals surface area contributed by atoms with Gasteiger partial charge < -0.3 is 15.0 Å². The van der Waals surface area contributed by atoms with Crippen molar-refractivity contribution in [1.82, 2.24) is 10.2 Å². The summed E-state index contributed by atoms with van der Waals surface area (Å²) in [7, 11) is 0. The molecule has 0 radical (unpaired) electrons. The van der Waals surface area contributed by atoms with Gasteiger partial charge >= 0.3 is 0 Å². The number of hydrogen-bond acceptors (Lipinski definition) is 3. The van der Waals surface area contributed by atoms with E-state index in [1.807, 2.05) is 60.7 Å². The third-order valence-electron chi connectivity index (χ3n) is 6.49. The van der Waals surface area contributed by atoms with Gasteiger partial charge in [-0.1, -0.05) is 72.4 Å². The molecular formula is C29H29Cl2IN2O3. The minimum Gasteiger partial charge on any atom is -0.484 e. The SMILES string of the molecule is O=C(NC1CCCC1)C(Cc1ccccc1)N(Cc1ccc(Cl)c(Cl)c1)C(=O)COc1ccc(I)cc1. The number of nitrogens with one attached hydrogen (secondary N) is 1. The van der Waals surface area contributed by atoms with E-state index in [0.29, 0.717) is 22.2 Å². The van der Waals surface area contributed by atoms with Crippen molar-refractivity contribution in [2.45, 2.75) is 50.7 Å². The highest BCUT2D eigenvalue weighted by molar-refractivity contribution is 14.1.